The first-order valence-corrected chi connectivity index (χ1v) is 5.91. The van der Waals surface area contributed by atoms with Crippen molar-refractivity contribution in [2.45, 2.75) is 39.2 Å². The molecule has 0 bridgehead atoms. The molecule has 0 amide bonds. The molecule has 2 nitrogen and oxygen atoms in total. The van der Waals surface area contributed by atoms with Gasteiger partial charge in [0.2, 0.25) is 5.95 Å². The Hall–Kier alpha value is -0.960. The SMILES string of the molecule is CCCC(c1ccnc(F)c1CC)N(C)C. The summed E-state index contributed by atoms with van der Waals surface area (Å²) < 4.78 is 13.6. The molecule has 0 radical (unpaired) electrons. The minimum absolute atomic E-state index is 0.289. The number of pyridine rings is 1. The molecule has 1 aromatic heterocycles. The number of hydrogen-bond donors (Lipinski definition) is 0. The van der Waals surface area contributed by atoms with E-state index in [4.69, 9.17) is 0 Å². The highest BCUT2D eigenvalue weighted by Crippen LogP contribution is 2.27. The van der Waals surface area contributed by atoms with E-state index in [2.05, 4.69) is 16.8 Å². The molecule has 0 saturated heterocycles. The molecule has 1 heterocycles. The topological polar surface area (TPSA) is 16.1 Å². The van der Waals surface area contributed by atoms with Crippen LogP contribution in [0.1, 0.15) is 43.9 Å². The Kier molecular flexibility index (Phi) is 4.87. The summed E-state index contributed by atoms with van der Waals surface area (Å²) >= 11 is 0. The third kappa shape index (κ3) is 2.79. The molecule has 0 aromatic carbocycles. The summed E-state index contributed by atoms with van der Waals surface area (Å²) in [6.45, 7) is 4.13. The van der Waals surface area contributed by atoms with Gasteiger partial charge >= 0.3 is 0 Å². The second-order valence-electron chi connectivity index (χ2n) is 4.29. The van der Waals surface area contributed by atoms with Crippen molar-refractivity contribution in [1.82, 2.24) is 9.88 Å². The minimum Gasteiger partial charge on any atom is -0.302 e. The Labute approximate surface area is 97.5 Å². The van der Waals surface area contributed by atoms with Crippen LogP contribution < -0.4 is 0 Å². The zero-order chi connectivity index (χ0) is 12.1. The molecule has 0 spiro atoms. The number of hydrogen-bond acceptors (Lipinski definition) is 2. The summed E-state index contributed by atoms with van der Waals surface area (Å²) in [4.78, 5) is 5.88. The smallest absolute Gasteiger partial charge is 0.216 e. The molecule has 1 unspecified atom stereocenters. The van der Waals surface area contributed by atoms with Crippen LogP contribution in [0.3, 0.4) is 0 Å². The van der Waals surface area contributed by atoms with Crippen LogP contribution in [0.2, 0.25) is 0 Å². The monoisotopic (exact) mass is 224 g/mol. The molecule has 0 N–H and O–H groups in total. The number of rotatable bonds is 5. The lowest BCUT2D eigenvalue weighted by Crippen LogP contribution is -2.21. The Balaban J connectivity index is 3.12. The van der Waals surface area contributed by atoms with E-state index >= 15 is 0 Å². The Morgan fingerprint density at radius 1 is 1.38 bits per heavy atom. The Morgan fingerprint density at radius 3 is 2.56 bits per heavy atom. The second kappa shape index (κ2) is 5.94. The van der Waals surface area contributed by atoms with Gasteiger partial charge < -0.3 is 4.90 Å². The molecule has 0 aliphatic rings. The van der Waals surface area contributed by atoms with Crippen LogP contribution in [0.25, 0.3) is 0 Å². The molecule has 1 atom stereocenters. The maximum Gasteiger partial charge on any atom is 0.216 e. The summed E-state index contributed by atoms with van der Waals surface area (Å²) in [5.41, 5.74) is 1.84. The zero-order valence-corrected chi connectivity index (χ0v) is 10.6. The van der Waals surface area contributed by atoms with Gasteiger partial charge in [-0.05, 0) is 38.6 Å². The predicted octanol–water partition coefficient (Wildman–Crippen LogP) is 3.19. The lowest BCUT2D eigenvalue weighted by molar-refractivity contribution is 0.279. The fourth-order valence-corrected chi connectivity index (χ4v) is 2.11. The zero-order valence-electron chi connectivity index (χ0n) is 10.6. The van der Waals surface area contributed by atoms with Crippen LogP contribution in [0.15, 0.2) is 12.3 Å². The van der Waals surface area contributed by atoms with Crippen LogP contribution >= 0.6 is 0 Å². The van der Waals surface area contributed by atoms with Crippen LogP contribution in [-0.2, 0) is 6.42 Å². The largest absolute Gasteiger partial charge is 0.302 e. The van der Waals surface area contributed by atoms with Gasteiger partial charge in [0.25, 0.3) is 0 Å². The molecular formula is C13H21FN2. The molecule has 1 aromatic rings. The lowest BCUT2D eigenvalue weighted by Gasteiger charge is -2.26. The Morgan fingerprint density at radius 2 is 2.06 bits per heavy atom. The van der Waals surface area contributed by atoms with E-state index in [9.17, 15) is 4.39 Å². The first kappa shape index (κ1) is 13.1. The molecule has 1 rings (SSSR count). The fraction of sp³-hybridized carbons (Fsp3) is 0.615. The Bertz CT molecular complexity index is 337. The first-order valence-electron chi connectivity index (χ1n) is 5.91. The van der Waals surface area contributed by atoms with Crippen molar-refractivity contribution in [2.75, 3.05) is 14.1 Å². The number of halogens is 1. The quantitative estimate of drug-likeness (QED) is 0.714. The van der Waals surface area contributed by atoms with Crippen molar-refractivity contribution in [3.8, 4) is 0 Å². The maximum atomic E-state index is 13.6. The molecule has 0 saturated carbocycles. The summed E-state index contributed by atoms with van der Waals surface area (Å²) in [6.07, 6.45) is 4.40. The van der Waals surface area contributed by atoms with Gasteiger partial charge in [0.05, 0.1) is 0 Å². The highest BCUT2D eigenvalue weighted by Gasteiger charge is 2.18. The van der Waals surface area contributed by atoms with E-state index in [0.29, 0.717) is 6.42 Å². The van der Waals surface area contributed by atoms with Crippen molar-refractivity contribution in [2.24, 2.45) is 0 Å². The van der Waals surface area contributed by atoms with Crippen molar-refractivity contribution >= 4 is 0 Å². The molecule has 0 fully saturated rings. The third-order valence-corrected chi connectivity index (χ3v) is 2.94. The second-order valence-corrected chi connectivity index (χ2v) is 4.29. The number of aromatic nitrogens is 1. The van der Waals surface area contributed by atoms with Crippen LogP contribution in [0.5, 0.6) is 0 Å². The van der Waals surface area contributed by atoms with E-state index in [-0.39, 0.29) is 12.0 Å². The van der Waals surface area contributed by atoms with Crippen molar-refractivity contribution < 1.29 is 4.39 Å². The van der Waals surface area contributed by atoms with Gasteiger partial charge in [0.15, 0.2) is 0 Å². The van der Waals surface area contributed by atoms with Crippen LogP contribution in [0, 0.1) is 5.95 Å². The average molecular weight is 224 g/mol. The van der Waals surface area contributed by atoms with Crippen molar-refractivity contribution in [3.63, 3.8) is 0 Å². The summed E-state index contributed by atoms with van der Waals surface area (Å²) in [5, 5.41) is 0. The number of nitrogens with zero attached hydrogens (tertiary/aromatic N) is 2. The minimum atomic E-state index is -0.317. The van der Waals surface area contributed by atoms with E-state index in [1.54, 1.807) is 6.20 Å². The average Bonchev–Trinajstić information content (AvgIpc) is 2.25. The van der Waals surface area contributed by atoms with Gasteiger partial charge in [-0.2, -0.15) is 4.39 Å². The van der Waals surface area contributed by atoms with E-state index in [1.807, 2.05) is 27.1 Å². The summed E-state index contributed by atoms with van der Waals surface area (Å²) in [5.74, 6) is -0.317. The van der Waals surface area contributed by atoms with E-state index in [1.165, 1.54) is 0 Å². The van der Waals surface area contributed by atoms with Crippen molar-refractivity contribution in [1.29, 1.82) is 0 Å². The van der Waals surface area contributed by atoms with Gasteiger partial charge in [-0.3, -0.25) is 0 Å². The molecule has 0 aliphatic heterocycles. The van der Waals surface area contributed by atoms with Crippen molar-refractivity contribution in [3.05, 3.63) is 29.3 Å². The third-order valence-electron chi connectivity index (χ3n) is 2.94. The molecular weight excluding hydrogens is 203 g/mol. The fourth-order valence-electron chi connectivity index (χ4n) is 2.11. The highest BCUT2D eigenvalue weighted by atomic mass is 19.1. The summed E-state index contributed by atoms with van der Waals surface area (Å²) in [6, 6.07) is 2.24. The summed E-state index contributed by atoms with van der Waals surface area (Å²) in [7, 11) is 4.08. The molecule has 90 valence electrons. The standard InChI is InChI=1S/C13H21FN2/c1-5-7-12(16(3)4)11-8-9-15-13(14)10(11)6-2/h8-9,12H,5-7H2,1-4H3. The van der Waals surface area contributed by atoms with Crippen LogP contribution in [-0.4, -0.2) is 24.0 Å². The van der Waals surface area contributed by atoms with E-state index in [0.717, 1.165) is 24.0 Å². The normalized spacial score (nSPS) is 13.1. The van der Waals surface area contributed by atoms with Crippen LogP contribution in [0.4, 0.5) is 4.39 Å². The highest BCUT2D eigenvalue weighted by molar-refractivity contribution is 5.27. The van der Waals surface area contributed by atoms with E-state index < -0.39 is 0 Å². The molecule has 0 aliphatic carbocycles. The molecule has 3 heteroatoms. The maximum absolute atomic E-state index is 13.6. The van der Waals surface area contributed by atoms with Gasteiger partial charge in [0, 0.05) is 17.8 Å². The molecule has 16 heavy (non-hydrogen) atoms. The van der Waals surface area contributed by atoms with Gasteiger partial charge in [-0.1, -0.05) is 20.3 Å². The lowest BCUT2D eigenvalue weighted by atomic mass is 9.96. The van der Waals surface area contributed by atoms with Gasteiger partial charge in [0.1, 0.15) is 0 Å². The van der Waals surface area contributed by atoms with Gasteiger partial charge in [-0.25, -0.2) is 4.98 Å². The predicted molar refractivity (Wildman–Crippen MR) is 64.9 cm³/mol. The van der Waals surface area contributed by atoms with Gasteiger partial charge in [-0.15, -0.1) is 0 Å². The first-order chi connectivity index (χ1) is 7.61.